The van der Waals surface area contributed by atoms with Crippen molar-refractivity contribution in [1.29, 1.82) is 0 Å². The van der Waals surface area contributed by atoms with Crippen molar-refractivity contribution in [2.45, 2.75) is 38.3 Å². The molecule has 2 amide bonds. The Bertz CT molecular complexity index is 641. The van der Waals surface area contributed by atoms with E-state index in [1.807, 2.05) is 4.90 Å². The maximum atomic E-state index is 12.7. The molecule has 1 aliphatic rings. The van der Waals surface area contributed by atoms with Gasteiger partial charge in [-0.2, -0.15) is 0 Å². The quantitative estimate of drug-likeness (QED) is 0.917. The summed E-state index contributed by atoms with van der Waals surface area (Å²) in [4.78, 5) is 23.0. The van der Waals surface area contributed by atoms with E-state index in [4.69, 9.17) is 11.6 Å². The topological polar surface area (TPSA) is 58.1 Å². The number of rotatable bonds is 4. The van der Waals surface area contributed by atoms with E-state index in [0.29, 0.717) is 17.4 Å². The normalized spacial score (nSPS) is 14.7. The number of hydrogen-bond donors (Lipinski definition) is 1. The van der Waals surface area contributed by atoms with Gasteiger partial charge in [-0.1, -0.05) is 24.4 Å². The number of aromatic nitrogens is 2. The molecule has 1 aromatic carbocycles. The molecule has 6 heteroatoms. The molecule has 1 saturated carbocycles. The Morgan fingerprint density at radius 3 is 2.48 bits per heavy atom. The molecular weight excluding hydrogens is 312 g/mol. The molecule has 120 valence electrons. The lowest BCUT2D eigenvalue weighted by Gasteiger charge is -2.28. The number of nitrogens with one attached hydrogen (secondary N) is 1. The molecule has 2 aromatic rings. The average Bonchev–Trinajstić information content (AvgIpc) is 3.10. The van der Waals surface area contributed by atoms with Crippen LogP contribution in [0, 0.1) is 0 Å². The first-order chi connectivity index (χ1) is 11.2. The van der Waals surface area contributed by atoms with Gasteiger partial charge in [0.1, 0.15) is 5.82 Å². The molecule has 3 rings (SSSR count). The van der Waals surface area contributed by atoms with E-state index in [2.05, 4.69) is 15.3 Å². The highest BCUT2D eigenvalue weighted by Gasteiger charge is 2.27. The molecule has 0 aliphatic heterocycles. The van der Waals surface area contributed by atoms with Crippen LogP contribution in [0.25, 0.3) is 0 Å². The van der Waals surface area contributed by atoms with E-state index in [0.717, 1.165) is 31.4 Å². The van der Waals surface area contributed by atoms with E-state index in [1.165, 1.54) is 0 Å². The van der Waals surface area contributed by atoms with Crippen LogP contribution in [0.4, 0.5) is 10.5 Å². The highest BCUT2D eigenvalue weighted by atomic mass is 35.5. The highest BCUT2D eigenvalue weighted by molar-refractivity contribution is 6.30. The van der Waals surface area contributed by atoms with E-state index in [-0.39, 0.29) is 12.1 Å². The number of hydrogen-bond acceptors (Lipinski definition) is 3. The molecule has 1 aliphatic carbocycles. The van der Waals surface area contributed by atoms with Crippen molar-refractivity contribution in [3.05, 3.63) is 53.6 Å². The van der Waals surface area contributed by atoms with Crippen molar-refractivity contribution in [2.24, 2.45) is 0 Å². The lowest BCUT2D eigenvalue weighted by atomic mass is 10.2. The molecule has 1 fully saturated rings. The first-order valence-corrected chi connectivity index (χ1v) is 8.19. The van der Waals surface area contributed by atoms with Crippen molar-refractivity contribution >= 4 is 23.3 Å². The van der Waals surface area contributed by atoms with Crippen LogP contribution in [0.3, 0.4) is 0 Å². The van der Waals surface area contributed by atoms with Gasteiger partial charge in [-0.3, -0.25) is 0 Å². The van der Waals surface area contributed by atoms with E-state index in [1.54, 1.807) is 42.7 Å². The second-order valence-corrected chi connectivity index (χ2v) is 6.10. The third-order valence-corrected chi connectivity index (χ3v) is 4.30. The molecule has 0 saturated heterocycles. The molecule has 0 radical (unpaired) electrons. The number of halogens is 1. The van der Waals surface area contributed by atoms with Crippen LogP contribution in [-0.2, 0) is 6.54 Å². The molecule has 0 atom stereocenters. The van der Waals surface area contributed by atoms with Crippen LogP contribution in [0.5, 0.6) is 0 Å². The summed E-state index contributed by atoms with van der Waals surface area (Å²) in [6, 6.07) is 9.02. The van der Waals surface area contributed by atoms with Gasteiger partial charge in [0.05, 0.1) is 6.54 Å². The molecule has 0 bridgehead atoms. The first kappa shape index (κ1) is 15.7. The van der Waals surface area contributed by atoms with Crippen molar-refractivity contribution < 1.29 is 4.79 Å². The summed E-state index contributed by atoms with van der Waals surface area (Å²) in [6.45, 7) is 0.422. The van der Waals surface area contributed by atoms with Crippen LogP contribution >= 0.6 is 11.6 Å². The molecule has 0 spiro atoms. The van der Waals surface area contributed by atoms with Crippen LogP contribution in [0.1, 0.15) is 31.5 Å². The number of anilines is 1. The van der Waals surface area contributed by atoms with Gasteiger partial charge in [0.2, 0.25) is 0 Å². The Labute approximate surface area is 140 Å². The fourth-order valence-corrected chi connectivity index (χ4v) is 3.00. The maximum Gasteiger partial charge on any atom is 0.322 e. The van der Waals surface area contributed by atoms with Gasteiger partial charge in [0.25, 0.3) is 0 Å². The first-order valence-electron chi connectivity index (χ1n) is 7.81. The van der Waals surface area contributed by atoms with Gasteiger partial charge in [-0.25, -0.2) is 14.8 Å². The predicted molar refractivity (Wildman–Crippen MR) is 90.3 cm³/mol. The molecule has 0 unspecified atom stereocenters. The van der Waals surface area contributed by atoms with Gasteiger partial charge in [-0.15, -0.1) is 0 Å². The number of benzene rings is 1. The third kappa shape index (κ3) is 4.20. The number of nitrogens with zero attached hydrogens (tertiary/aromatic N) is 3. The summed E-state index contributed by atoms with van der Waals surface area (Å²) in [6.07, 6.45) is 7.77. The minimum absolute atomic E-state index is 0.119. The Kier molecular flexibility index (Phi) is 5.08. The fraction of sp³-hybridized carbons (Fsp3) is 0.353. The maximum absolute atomic E-state index is 12.7. The van der Waals surface area contributed by atoms with Gasteiger partial charge in [0.15, 0.2) is 0 Å². The molecule has 1 aromatic heterocycles. The Morgan fingerprint density at radius 1 is 1.17 bits per heavy atom. The van der Waals surface area contributed by atoms with Crippen LogP contribution < -0.4 is 5.32 Å². The monoisotopic (exact) mass is 330 g/mol. The summed E-state index contributed by atoms with van der Waals surface area (Å²) in [5, 5.41) is 3.59. The average molecular weight is 331 g/mol. The third-order valence-electron chi connectivity index (χ3n) is 4.05. The van der Waals surface area contributed by atoms with Gasteiger partial charge >= 0.3 is 6.03 Å². The van der Waals surface area contributed by atoms with E-state index in [9.17, 15) is 4.79 Å². The minimum Gasteiger partial charge on any atom is -0.314 e. The molecule has 1 heterocycles. The predicted octanol–water partition coefficient (Wildman–Crippen LogP) is 4.11. The zero-order chi connectivity index (χ0) is 16.1. The van der Waals surface area contributed by atoms with Crippen LogP contribution in [0.2, 0.25) is 5.02 Å². The largest absolute Gasteiger partial charge is 0.322 e. The SMILES string of the molecule is O=C(Nc1ccc(Cl)cc1)N(Cc1ncccn1)C1CCCC1. The molecule has 5 nitrogen and oxygen atoms in total. The number of carbonyl (C=O) groups excluding carboxylic acids is 1. The van der Waals surface area contributed by atoms with Crippen molar-refractivity contribution in [3.63, 3.8) is 0 Å². The molecule has 23 heavy (non-hydrogen) atoms. The summed E-state index contributed by atoms with van der Waals surface area (Å²) >= 11 is 5.88. The number of amides is 2. The van der Waals surface area contributed by atoms with E-state index >= 15 is 0 Å². The number of urea groups is 1. The summed E-state index contributed by atoms with van der Waals surface area (Å²) < 4.78 is 0. The zero-order valence-electron chi connectivity index (χ0n) is 12.8. The Balaban J connectivity index is 1.73. The lowest BCUT2D eigenvalue weighted by Crippen LogP contribution is -2.41. The second-order valence-electron chi connectivity index (χ2n) is 5.67. The Hall–Kier alpha value is -2.14. The standard InChI is InChI=1S/C17H19ClN4O/c18-13-6-8-14(9-7-13)21-17(23)22(15-4-1-2-5-15)12-16-19-10-3-11-20-16/h3,6-11,15H,1-2,4-5,12H2,(H,21,23). The fourth-order valence-electron chi connectivity index (χ4n) is 2.88. The smallest absolute Gasteiger partial charge is 0.314 e. The lowest BCUT2D eigenvalue weighted by molar-refractivity contribution is 0.182. The van der Waals surface area contributed by atoms with Gasteiger partial charge < -0.3 is 10.2 Å². The van der Waals surface area contributed by atoms with Crippen LogP contribution in [-0.4, -0.2) is 26.9 Å². The highest BCUT2D eigenvalue weighted by Crippen LogP contribution is 2.25. The summed E-state index contributed by atoms with van der Waals surface area (Å²) in [7, 11) is 0. The van der Waals surface area contributed by atoms with Crippen molar-refractivity contribution in [1.82, 2.24) is 14.9 Å². The molecular formula is C17H19ClN4O. The summed E-state index contributed by atoms with van der Waals surface area (Å²) in [5.74, 6) is 0.658. The zero-order valence-corrected chi connectivity index (χ0v) is 13.5. The molecule has 1 N–H and O–H groups in total. The van der Waals surface area contributed by atoms with Crippen LogP contribution in [0.15, 0.2) is 42.7 Å². The van der Waals surface area contributed by atoms with Gasteiger partial charge in [0, 0.05) is 29.1 Å². The minimum atomic E-state index is -0.119. The second kappa shape index (κ2) is 7.42. The number of carbonyl (C=O) groups is 1. The summed E-state index contributed by atoms with van der Waals surface area (Å²) in [5.41, 5.74) is 0.733. The van der Waals surface area contributed by atoms with Crippen molar-refractivity contribution in [2.75, 3.05) is 5.32 Å². The Morgan fingerprint density at radius 2 is 1.83 bits per heavy atom. The van der Waals surface area contributed by atoms with Gasteiger partial charge in [-0.05, 0) is 43.2 Å². The van der Waals surface area contributed by atoms with E-state index < -0.39 is 0 Å². The van der Waals surface area contributed by atoms with Crippen molar-refractivity contribution in [3.8, 4) is 0 Å².